The number of carbonyl (C=O) groups excluding carboxylic acids is 3. The van der Waals surface area contributed by atoms with E-state index in [0.717, 1.165) is 6.92 Å². The first-order valence-electron chi connectivity index (χ1n) is 5.97. The van der Waals surface area contributed by atoms with E-state index in [4.69, 9.17) is 10.8 Å². The lowest BCUT2D eigenvalue weighted by Crippen LogP contribution is -2.46. The number of aliphatic carboxylic acids is 1. The Labute approximate surface area is 133 Å². The van der Waals surface area contributed by atoms with Gasteiger partial charge in [0.1, 0.15) is 0 Å². The van der Waals surface area contributed by atoms with Gasteiger partial charge in [-0.2, -0.15) is 0 Å². The summed E-state index contributed by atoms with van der Waals surface area (Å²) in [5.41, 5.74) is 5.97. The maximum atomic E-state index is 11.9. The number of halogens is 1. The Hall–Kier alpha value is -2.42. The van der Waals surface area contributed by atoms with Gasteiger partial charge in [-0.25, -0.2) is 9.59 Å². The quantitative estimate of drug-likeness (QED) is 0.283. The molecule has 8 nitrogen and oxygen atoms in total. The van der Waals surface area contributed by atoms with E-state index in [9.17, 15) is 19.2 Å². The molecule has 0 aliphatic heterocycles. The van der Waals surface area contributed by atoms with E-state index >= 15 is 0 Å². The molecule has 0 saturated heterocycles. The zero-order valence-corrected chi connectivity index (χ0v) is 13.0. The first-order chi connectivity index (χ1) is 10.2. The number of nitrogens with two attached hydrogens (primary N) is 1. The van der Waals surface area contributed by atoms with Crippen LogP contribution in [0.5, 0.6) is 0 Å². The molecule has 0 radical (unpaired) electrons. The zero-order valence-electron chi connectivity index (χ0n) is 11.5. The minimum Gasteiger partial charge on any atom is -0.479 e. The van der Waals surface area contributed by atoms with Crippen LogP contribution in [-0.2, 0) is 19.1 Å². The molecule has 0 aliphatic carbocycles. The van der Waals surface area contributed by atoms with Gasteiger partial charge in [0.25, 0.3) is 0 Å². The molecule has 1 aromatic rings. The summed E-state index contributed by atoms with van der Waals surface area (Å²) in [7, 11) is 0. The van der Waals surface area contributed by atoms with Crippen LogP contribution in [0.25, 0.3) is 0 Å². The molecule has 22 heavy (non-hydrogen) atoms. The van der Waals surface area contributed by atoms with Gasteiger partial charge in [0.15, 0.2) is 6.61 Å². The maximum Gasteiger partial charge on any atom is 0.340 e. The second kappa shape index (κ2) is 7.55. The number of ether oxygens (including phenoxy) is 1. The van der Waals surface area contributed by atoms with E-state index in [1.807, 2.05) is 5.32 Å². The molecule has 0 aromatic heterocycles. The predicted molar refractivity (Wildman–Crippen MR) is 79.1 cm³/mol. The average molecular weight is 373 g/mol. The van der Waals surface area contributed by atoms with Gasteiger partial charge in [-0.05, 0) is 18.2 Å². The number of carboxylic acid groups (broad SMARTS) is 1. The number of hydrogen-bond acceptors (Lipinski definition) is 6. The second-order valence-electron chi connectivity index (χ2n) is 4.23. The van der Waals surface area contributed by atoms with Crippen molar-refractivity contribution in [2.24, 2.45) is 0 Å². The number of nitrogen functional groups attached to an aromatic ring is 1. The van der Waals surface area contributed by atoms with Gasteiger partial charge in [-0.15, -0.1) is 0 Å². The SMILES string of the molecule is CC(=O)NC(C(=O)O)C(=O)OCC(=O)c1cc(Br)ccc1N. The molecule has 1 aromatic carbocycles. The summed E-state index contributed by atoms with van der Waals surface area (Å²) in [6.45, 7) is 0.361. The number of rotatable bonds is 6. The third-order valence-electron chi connectivity index (χ3n) is 2.49. The fourth-order valence-corrected chi connectivity index (χ4v) is 1.85. The van der Waals surface area contributed by atoms with Crippen molar-refractivity contribution in [3.63, 3.8) is 0 Å². The van der Waals surface area contributed by atoms with Crippen molar-refractivity contribution in [1.29, 1.82) is 0 Å². The molecule has 4 N–H and O–H groups in total. The summed E-state index contributed by atoms with van der Waals surface area (Å²) in [5.74, 6) is -4.15. The summed E-state index contributed by atoms with van der Waals surface area (Å²) in [6.07, 6.45) is 0. The van der Waals surface area contributed by atoms with E-state index in [2.05, 4.69) is 20.7 Å². The van der Waals surface area contributed by atoms with Crippen molar-refractivity contribution >= 4 is 45.2 Å². The predicted octanol–water partition coefficient (Wildman–Crippen LogP) is 0.346. The number of carbonyl (C=O) groups is 4. The Morgan fingerprint density at radius 1 is 1.36 bits per heavy atom. The Balaban J connectivity index is 2.73. The number of Topliss-reactive ketones (excluding diaryl/α,β-unsaturated/α-hetero) is 1. The third-order valence-corrected chi connectivity index (χ3v) is 2.98. The lowest BCUT2D eigenvalue weighted by Gasteiger charge is -2.12. The van der Waals surface area contributed by atoms with Crippen molar-refractivity contribution in [2.75, 3.05) is 12.3 Å². The molecule has 1 atom stereocenters. The maximum absolute atomic E-state index is 11.9. The van der Waals surface area contributed by atoms with Crippen LogP contribution in [0.1, 0.15) is 17.3 Å². The van der Waals surface area contributed by atoms with Crippen LogP contribution in [0.2, 0.25) is 0 Å². The van der Waals surface area contributed by atoms with Crippen LogP contribution in [0.15, 0.2) is 22.7 Å². The van der Waals surface area contributed by atoms with Crippen molar-refractivity contribution in [3.8, 4) is 0 Å². The average Bonchev–Trinajstić information content (AvgIpc) is 2.43. The fraction of sp³-hybridized carbons (Fsp3) is 0.231. The zero-order chi connectivity index (χ0) is 16.9. The first-order valence-corrected chi connectivity index (χ1v) is 6.76. The van der Waals surface area contributed by atoms with Gasteiger partial charge in [-0.3, -0.25) is 9.59 Å². The number of carboxylic acids is 1. The molecule has 0 bridgehead atoms. The Kier molecular flexibility index (Phi) is 6.05. The number of hydrogen-bond donors (Lipinski definition) is 3. The normalized spacial score (nSPS) is 11.4. The standard InChI is InChI=1S/C13H13BrN2O6/c1-6(17)16-11(12(19)20)13(21)22-5-10(18)8-4-7(14)2-3-9(8)15/h2-4,11H,5,15H2,1H3,(H,16,17)(H,19,20). The molecule has 0 fully saturated rings. The van der Waals surface area contributed by atoms with Gasteiger partial charge in [0, 0.05) is 22.6 Å². The van der Waals surface area contributed by atoms with E-state index in [0.29, 0.717) is 4.47 Å². The minimum atomic E-state index is -1.87. The highest BCUT2D eigenvalue weighted by atomic mass is 79.9. The molecule has 1 rings (SSSR count). The highest BCUT2D eigenvalue weighted by Crippen LogP contribution is 2.19. The summed E-state index contributed by atoms with van der Waals surface area (Å²) in [6, 6.07) is 2.71. The number of ketones is 1. The van der Waals surface area contributed by atoms with Gasteiger partial charge in [0.05, 0.1) is 0 Å². The molecular formula is C13H13BrN2O6. The molecule has 0 saturated carbocycles. The summed E-state index contributed by atoms with van der Waals surface area (Å²) >= 11 is 3.17. The Morgan fingerprint density at radius 2 is 2.00 bits per heavy atom. The van der Waals surface area contributed by atoms with Crippen LogP contribution in [0.4, 0.5) is 5.69 Å². The first kappa shape index (κ1) is 17.6. The van der Waals surface area contributed by atoms with E-state index < -0.39 is 36.3 Å². The molecule has 9 heteroatoms. The molecule has 0 heterocycles. The number of nitrogens with one attached hydrogen (secondary N) is 1. The number of benzene rings is 1. The van der Waals surface area contributed by atoms with Crippen molar-refractivity contribution in [2.45, 2.75) is 13.0 Å². The smallest absolute Gasteiger partial charge is 0.340 e. The van der Waals surface area contributed by atoms with Crippen LogP contribution >= 0.6 is 15.9 Å². The van der Waals surface area contributed by atoms with Crippen molar-refractivity contribution in [1.82, 2.24) is 5.32 Å². The molecule has 0 aliphatic rings. The minimum absolute atomic E-state index is 0.133. The van der Waals surface area contributed by atoms with Crippen LogP contribution in [0.3, 0.4) is 0 Å². The van der Waals surface area contributed by atoms with E-state index in [1.54, 1.807) is 6.07 Å². The Morgan fingerprint density at radius 3 is 2.55 bits per heavy atom. The lowest BCUT2D eigenvalue weighted by atomic mass is 10.1. The van der Waals surface area contributed by atoms with Crippen LogP contribution < -0.4 is 11.1 Å². The lowest BCUT2D eigenvalue weighted by molar-refractivity contribution is -0.156. The van der Waals surface area contributed by atoms with Gasteiger partial charge in [0.2, 0.25) is 17.7 Å². The fourth-order valence-electron chi connectivity index (χ4n) is 1.49. The monoisotopic (exact) mass is 372 g/mol. The number of esters is 1. The van der Waals surface area contributed by atoms with Crippen LogP contribution in [-0.4, -0.2) is 41.4 Å². The molecule has 1 amide bonds. The van der Waals surface area contributed by atoms with Crippen molar-refractivity contribution in [3.05, 3.63) is 28.2 Å². The summed E-state index contributed by atoms with van der Waals surface area (Å²) in [5, 5.41) is 10.7. The third kappa shape index (κ3) is 4.85. The van der Waals surface area contributed by atoms with Crippen LogP contribution in [0, 0.1) is 0 Å². The van der Waals surface area contributed by atoms with E-state index in [1.165, 1.54) is 12.1 Å². The summed E-state index contributed by atoms with van der Waals surface area (Å²) in [4.78, 5) is 45.2. The largest absolute Gasteiger partial charge is 0.479 e. The highest BCUT2D eigenvalue weighted by Gasteiger charge is 2.29. The number of amides is 1. The van der Waals surface area contributed by atoms with Gasteiger partial charge >= 0.3 is 11.9 Å². The van der Waals surface area contributed by atoms with Gasteiger partial charge < -0.3 is 20.9 Å². The van der Waals surface area contributed by atoms with E-state index in [-0.39, 0.29) is 11.3 Å². The topological polar surface area (TPSA) is 136 Å². The molecular weight excluding hydrogens is 360 g/mol. The highest BCUT2D eigenvalue weighted by molar-refractivity contribution is 9.10. The molecule has 1 unspecified atom stereocenters. The number of anilines is 1. The molecule has 118 valence electrons. The second-order valence-corrected chi connectivity index (χ2v) is 5.15. The van der Waals surface area contributed by atoms with Gasteiger partial charge in [-0.1, -0.05) is 15.9 Å². The summed E-state index contributed by atoms with van der Waals surface area (Å²) < 4.78 is 5.23. The molecule has 0 spiro atoms. The van der Waals surface area contributed by atoms with Crippen molar-refractivity contribution < 1.29 is 29.0 Å². The Bertz CT molecular complexity index is 631.